The summed E-state index contributed by atoms with van der Waals surface area (Å²) in [5.41, 5.74) is 1.65. The highest BCUT2D eigenvalue weighted by Gasteiger charge is 2.35. The van der Waals surface area contributed by atoms with Crippen molar-refractivity contribution in [2.45, 2.75) is 19.3 Å². The molecule has 0 bridgehead atoms. The molecule has 0 aliphatic carbocycles. The second-order valence-corrected chi connectivity index (χ2v) is 5.29. The largest absolute Gasteiger partial charge is 0.496 e. The fourth-order valence-corrected chi connectivity index (χ4v) is 2.76. The number of ether oxygens (including phenoxy) is 2. The normalized spacial score (nSPS) is 20.9. The maximum atomic E-state index is 12.8. The second-order valence-electron chi connectivity index (χ2n) is 5.29. The van der Waals surface area contributed by atoms with Crippen LogP contribution < -0.4 is 4.74 Å². The number of carbonyl (C=O) groups is 1. The molecule has 1 heterocycles. The second kappa shape index (κ2) is 6.20. The van der Waals surface area contributed by atoms with Crippen molar-refractivity contribution in [3.63, 3.8) is 0 Å². The van der Waals surface area contributed by atoms with Crippen molar-refractivity contribution < 1.29 is 14.3 Å². The van der Waals surface area contributed by atoms with E-state index in [0.29, 0.717) is 17.9 Å². The average Bonchev–Trinajstić information content (AvgIpc) is 2.97. The zero-order valence-corrected chi connectivity index (χ0v) is 12.7. The fourth-order valence-electron chi connectivity index (χ4n) is 2.76. The molecule has 2 aromatic rings. The number of hydrogen-bond acceptors (Lipinski definition) is 3. The lowest BCUT2D eigenvalue weighted by Crippen LogP contribution is -2.34. The Morgan fingerprint density at radius 3 is 2.55 bits per heavy atom. The van der Waals surface area contributed by atoms with Gasteiger partial charge in [0.25, 0.3) is 5.91 Å². The van der Waals surface area contributed by atoms with E-state index >= 15 is 0 Å². The van der Waals surface area contributed by atoms with Crippen LogP contribution in [0.2, 0.25) is 0 Å². The van der Waals surface area contributed by atoms with Crippen molar-refractivity contribution in [1.82, 2.24) is 4.90 Å². The number of benzene rings is 2. The van der Waals surface area contributed by atoms with Gasteiger partial charge in [-0.25, -0.2) is 0 Å². The molecule has 2 atom stereocenters. The van der Waals surface area contributed by atoms with E-state index in [1.54, 1.807) is 24.1 Å². The van der Waals surface area contributed by atoms with Gasteiger partial charge in [-0.1, -0.05) is 42.5 Å². The Morgan fingerprint density at radius 1 is 1.14 bits per heavy atom. The van der Waals surface area contributed by atoms with E-state index in [1.807, 2.05) is 49.4 Å². The lowest BCUT2D eigenvalue weighted by Gasteiger charge is -2.20. The summed E-state index contributed by atoms with van der Waals surface area (Å²) in [6.45, 7) is 2.44. The molecule has 114 valence electrons. The Labute approximate surface area is 130 Å². The molecule has 0 aromatic heterocycles. The van der Waals surface area contributed by atoms with Crippen LogP contribution in [-0.4, -0.2) is 30.7 Å². The van der Waals surface area contributed by atoms with Crippen molar-refractivity contribution in [3.8, 4) is 5.75 Å². The van der Waals surface area contributed by atoms with E-state index in [9.17, 15) is 4.79 Å². The Balaban J connectivity index is 1.82. The SMILES string of the molecule is COc1ccccc1C(=O)N1CC(c2ccccc2)OC1C. The maximum Gasteiger partial charge on any atom is 0.259 e. The third kappa shape index (κ3) is 2.70. The standard InChI is InChI=1S/C18H19NO3/c1-13-19(12-17(22-13)14-8-4-3-5-9-14)18(20)15-10-6-7-11-16(15)21-2/h3-11,13,17H,12H2,1-2H3. The van der Waals surface area contributed by atoms with Gasteiger partial charge in [-0.05, 0) is 24.6 Å². The highest BCUT2D eigenvalue weighted by atomic mass is 16.5. The van der Waals surface area contributed by atoms with Crippen molar-refractivity contribution in [1.29, 1.82) is 0 Å². The first-order valence-electron chi connectivity index (χ1n) is 7.35. The number of para-hydroxylation sites is 1. The summed E-state index contributed by atoms with van der Waals surface area (Å²) < 4.78 is 11.2. The summed E-state index contributed by atoms with van der Waals surface area (Å²) in [6.07, 6.45) is -0.350. The summed E-state index contributed by atoms with van der Waals surface area (Å²) in [5, 5.41) is 0. The van der Waals surface area contributed by atoms with E-state index < -0.39 is 0 Å². The molecule has 1 amide bonds. The fraction of sp³-hybridized carbons (Fsp3) is 0.278. The van der Waals surface area contributed by atoms with Crippen LogP contribution in [0.15, 0.2) is 54.6 Å². The van der Waals surface area contributed by atoms with E-state index in [1.165, 1.54) is 0 Å². The molecule has 2 unspecified atom stereocenters. The molecule has 4 nitrogen and oxygen atoms in total. The van der Waals surface area contributed by atoms with E-state index in [0.717, 1.165) is 5.56 Å². The van der Waals surface area contributed by atoms with Gasteiger partial charge in [-0.2, -0.15) is 0 Å². The molecule has 0 spiro atoms. The van der Waals surface area contributed by atoms with E-state index in [4.69, 9.17) is 9.47 Å². The first-order chi connectivity index (χ1) is 10.7. The van der Waals surface area contributed by atoms with E-state index in [-0.39, 0.29) is 18.2 Å². The van der Waals surface area contributed by atoms with Crippen molar-refractivity contribution >= 4 is 5.91 Å². The number of carbonyl (C=O) groups excluding carboxylic acids is 1. The van der Waals surface area contributed by atoms with E-state index in [2.05, 4.69) is 0 Å². The summed E-state index contributed by atoms with van der Waals surface area (Å²) in [7, 11) is 1.57. The summed E-state index contributed by atoms with van der Waals surface area (Å²) in [6, 6.07) is 17.2. The topological polar surface area (TPSA) is 38.8 Å². The predicted octanol–water partition coefficient (Wildman–Crippen LogP) is 3.25. The van der Waals surface area contributed by atoms with Gasteiger partial charge in [-0.3, -0.25) is 4.79 Å². The molecule has 22 heavy (non-hydrogen) atoms. The predicted molar refractivity (Wildman–Crippen MR) is 83.8 cm³/mol. The van der Waals surface area contributed by atoms with Crippen LogP contribution in [0.25, 0.3) is 0 Å². The minimum Gasteiger partial charge on any atom is -0.496 e. The number of nitrogens with zero attached hydrogens (tertiary/aromatic N) is 1. The molecular formula is C18H19NO3. The third-order valence-electron chi connectivity index (χ3n) is 3.93. The van der Waals surface area contributed by atoms with Crippen molar-refractivity contribution in [2.24, 2.45) is 0 Å². The van der Waals surface area contributed by atoms with Gasteiger partial charge in [0.2, 0.25) is 0 Å². The molecule has 0 radical (unpaired) electrons. The molecule has 1 fully saturated rings. The number of rotatable bonds is 3. The van der Waals surface area contributed by atoms with Crippen molar-refractivity contribution in [3.05, 3.63) is 65.7 Å². The molecule has 4 heteroatoms. The Kier molecular flexibility index (Phi) is 4.11. The molecule has 0 N–H and O–H groups in total. The quantitative estimate of drug-likeness (QED) is 0.873. The Hall–Kier alpha value is -2.33. The van der Waals surface area contributed by atoms with Crippen LogP contribution >= 0.6 is 0 Å². The van der Waals surface area contributed by atoms with Crippen LogP contribution in [0, 0.1) is 0 Å². The van der Waals surface area contributed by atoms with Gasteiger partial charge in [-0.15, -0.1) is 0 Å². The highest BCUT2D eigenvalue weighted by molar-refractivity contribution is 5.97. The monoisotopic (exact) mass is 297 g/mol. The highest BCUT2D eigenvalue weighted by Crippen LogP contribution is 2.31. The van der Waals surface area contributed by atoms with Crippen LogP contribution in [0.1, 0.15) is 28.9 Å². The van der Waals surface area contributed by atoms with Gasteiger partial charge in [0.05, 0.1) is 19.2 Å². The number of hydrogen-bond donors (Lipinski definition) is 0. The molecule has 1 aliphatic heterocycles. The smallest absolute Gasteiger partial charge is 0.259 e. The van der Waals surface area contributed by atoms with Crippen molar-refractivity contribution in [2.75, 3.05) is 13.7 Å². The Morgan fingerprint density at radius 2 is 1.82 bits per heavy atom. The lowest BCUT2D eigenvalue weighted by molar-refractivity contribution is 0.0136. The molecule has 0 saturated carbocycles. The first-order valence-corrected chi connectivity index (χ1v) is 7.35. The molecule has 2 aromatic carbocycles. The number of amides is 1. The van der Waals surface area contributed by atoms with Gasteiger partial charge >= 0.3 is 0 Å². The number of methoxy groups -OCH3 is 1. The van der Waals surface area contributed by atoms with Gasteiger partial charge in [0.15, 0.2) is 0 Å². The maximum absolute atomic E-state index is 12.8. The van der Waals surface area contributed by atoms with Gasteiger partial charge in [0, 0.05) is 0 Å². The van der Waals surface area contributed by atoms with Gasteiger partial charge in [0.1, 0.15) is 18.1 Å². The minimum atomic E-state index is -0.261. The lowest BCUT2D eigenvalue weighted by atomic mass is 10.1. The summed E-state index contributed by atoms with van der Waals surface area (Å²) in [4.78, 5) is 14.5. The Bertz CT molecular complexity index is 656. The molecule has 3 rings (SSSR count). The first kappa shape index (κ1) is 14.6. The molecule has 1 aliphatic rings. The average molecular weight is 297 g/mol. The van der Waals surface area contributed by atoms with Crippen LogP contribution in [-0.2, 0) is 4.74 Å². The zero-order chi connectivity index (χ0) is 15.5. The zero-order valence-electron chi connectivity index (χ0n) is 12.7. The molecular weight excluding hydrogens is 278 g/mol. The molecule has 1 saturated heterocycles. The third-order valence-corrected chi connectivity index (χ3v) is 3.93. The van der Waals surface area contributed by atoms with Crippen LogP contribution in [0.3, 0.4) is 0 Å². The summed E-state index contributed by atoms with van der Waals surface area (Å²) in [5.74, 6) is 0.520. The van der Waals surface area contributed by atoms with Crippen LogP contribution in [0.4, 0.5) is 0 Å². The minimum absolute atomic E-state index is 0.0663. The summed E-state index contributed by atoms with van der Waals surface area (Å²) >= 11 is 0. The van der Waals surface area contributed by atoms with Crippen LogP contribution in [0.5, 0.6) is 5.75 Å². The van der Waals surface area contributed by atoms with Gasteiger partial charge < -0.3 is 14.4 Å².